The minimum Gasteiger partial charge on any atom is -0.338 e. The van der Waals surface area contributed by atoms with Crippen LogP contribution < -0.4 is 0 Å². The van der Waals surface area contributed by atoms with Crippen molar-refractivity contribution in [3.05, 3.63) is 18.2 Å². The minimum atomic E-state index is 0.994. The van der Waals surface area contributed by atoms with E-state index in [1.54, 1.807) is 0 Å². The van der Waals surface area contributed by atoms with Gasteiger partial charge >= 0.3 is 0 Å². The van der Waals surface area contributed by atoms with Crippen LogP contribution in [0, 0.1) is 11.8 Å². The highest BCUT2D eigenvalue weighted by atomic mass is 15.1. The summed E-state index contributed by atoms with van der Waals surface area (Å²) >= 11 is 0. The number of hydrogen-bond donors (Lipinski definition) is 0. The smallest absolute Gasteiger partial charge is 0.109 e. The molecule has 2 aliphatic rings. The lowest BCUT2D eigenvalue weighted by Gasteiger charge is -2.41. The Hall–Kier alpha value is -0.830. The van der Waals surface area contributed by atoms with Gasteiger partial charge in [0.25, 0.3) is 0 Å². The Labute approximate surface area is 110 Å². The van der Waals surface area contributed by atoms with E-state index in [-0.39, 0.29) is 0 Å². The zero-order valence-electron chi connectivity index (χ0n) is 11.5. The summed E-state index contributed by atoms with van der Waals surface area (Å²) in [6.07, 6.45) is 12.4. The number of fused-ring (bicyclic) bond motifs is 1. The van der Waals surface area contributed by atoms with Crippen molar-refractivity contribution in [1.82, 2.24) is 14.5 Å². The molecular formula is C15H25N3. The van der Waals surface area contributed by atoms with Crippen molar-refractivity contribution >= 4 is 0 Å². The molecule has 0 bridgehead atoms. The lowest BCUT2D eigenvalue weighted by molar-refractivity contribution is 0.0873. The van der Waals surface area contributed by atoms with E-state index >= 15 is 0 Å². The van der Waals surface area contributed by atoms with E-state index in [1.165, 1.54) is 57.6 Å². The van der Waals surface area contributed by atoms with Gasteiger partial charge < -0.3 is 9.47 Å². The number of hydrogen-bond acceptors (Lipinski definition) is 2. The van der Waals surface area contributed by atoms with E-state index in [9.17, 15) is 0 Å². The quantitative estimate of drug-likeness (QED) is 0.818. The molecule has 1 saturated heterocycles. The molecule has 1 saturated carbocycles. The van der Waals surface area contributed by atoms with Crippen LogP contribution >= 0.6 is 0 Å². The van der Waals surface area contributed by atoms with Crippen LogP contribution in [0.2, 0.25) is 0 Å². The molecule has 0 unspecified atom stereocenters. The van der Waals surface area contributed by atoms with Crippen LogP contribution in [0.15, 0.2) is 12.4 Å². The van der Waals surface area contributed by atoms with Gasteiger partial charge in [0, 0.05) is 39.0 Å². The third-order valence-electron chi connectivity index (χ3n) is 4.95. The van der Waals surface area contributed by atoms with Crippen LogP contribution in [0.3, 0.4) is 0 Å². The maximum absolute atomic E-state index is 4.42. The number of aromatic nitrogens is 2. The number of piperidine rings is 1. The van der Waals surface area contributed by atoms with Crippen LogP contribution in [-0.2, 0) is 13.5 Å². The molecule has 100 valence electrons. The highest BCUT2D eigenvalue weighted by Gasteiger charge is 2.30. The molecule has 2 heterocycles. The Morgan fingerprint density at radius 2 is 2.06 bits per heavy atom. The van der Waals surface area contributed by atoms with Crippen molar-refractivity contribution in [2.24, 2.45) is 18.9 Å². The Balaban J connectivity index is 1.50. The van der Waals surface area contributed by atoms with Crippen molar-refractivity contribution in [2.75, 3.05) is 19.6 Å². The fourth-order valence-corrected chi connectivity index (χ4v) is 3.77. The lowest BCUT2D eigenvalue weighted by Crippen LogP contribution is -2.42. The molecule has 0 spiro atoms. The molecule has 3 heteroatoms. The number of imidazole rings is 1. The standard InChI is InChI=1S/C15H25N3/c1-17-11-8-16-15(17)7-10-18-9-6-13-4-2-3-5-14(13)12-18/h8,11,13-14H,2-7,9-10,12H2,1H3/t13-,14+/m0/s1. The topological polar surface area (TPSA) is 21.1 Å². The normalized spacial score (nSPS) is 29.2. The third-order valence-corrected chi connectivity index (χ3v) is 4.95. The second kappa shape index (κ2) is 5.43. The van der Waals surface area contributed by atoms with Gasteiger partial charge in [-0.25, -0.2) is 4.98 Å². The summed E-state index contributed by atoms with van der Waals surface area (Å²) in [5.41, 5.74) is 0. The molecule has 0 radical (unpaired) electrons. The van der Waals surface area contributed by atoms with E-state index in [4.69, 9.17) is 0 Å². The monoisotopic (exact) mass is 247 g/mol. The van der Waals surface area contributed by atoms with Gasteiger partial charge in [-0.1, -0.05) is 19.3 Å². The molecule has 0 aromatic carbocycles. The van der Waals surface area contributed by atoms with Crippen molar-refractivity contribution in [1.29, 1.82) is 0 Å². The number of aryl methyl sites for hydroxylation is 1. The summed E-state index contributed by atoms with van der Waals surface area (Å²) in [5, 5.41) is 0. The van der Waals surface area contributed by atoms with Gasteiger partial charge in [-0.3, -0.25) is 0 Å². The van der Waals surface area contributed by atoms with Crippen molar-refractivity contribution in [3.63, 3.8) is 0 Å². The second-order valence-corrected chi connectivity index (χ2v) is 6.10. The molecule has 3 rings (SSSR count). The van der Waals surface area contributed by atoms with Crippen LogP contribution in [0.5, 0.6) is 0 Å². The van der Waals surface area contributed by atoms with E-state index in [0.717, 1.165) is 18.3 Å². The summed E-state index contributed by atoms with van der Waals surface area (Å²) in [7, 11) is 2.09. The third kappa shape index (κ3) is 2.61. The van der Waals surface area contributed by atoms with Gasteiger partial charge in [-0.15, -0.1) is 0 Å². The first-order valence-corrected chi connectivity index (χ1v) is 7.51. The Morgan fingerprint density at radius 1 is 1.22 bits per heavy atom. The van der Waals surface area contributed by atoms with Gasteiger partial charge in [0.05, 0.1) is 0 Å². The largest absolute Gasteiger partial charge is 0.338 e. The van der Waals surface area contributed by atoms with E-state index in [2.05, 4.69) is 21.5 Å². The predicted molar refractivity (Wildman–Crippen MR) is 73.4 cm³/mol. The summed E-state index contributed by atoms with van der Waals surface area (Å²) in [5.74, 6) is 3.26. The van der Waals surface area contributed by atoms with E-state index in [0.29, 0.717) is 0 Å². The first-order valence-electron chi connectivity index (χ1n) is 7.51. The molecule has 2 fully saturated rings. The molecule has 2 atom stereocenters. The lowest BCUT2D eigenvalue weighted by atomic mass is 9.75. The highest BCUT2D eigenvalue weighted by molar-refractivity contribution is 4.92. The molecule has 3 nitrogen and oxygen atoms in total. The molecule has 1 aliphatic heterocycles. The van der Waals surface area contributed by atoms with E-state index in [1.807, 2.05) is 12.4 Å². The molecular weight excluding hydrogens is 222 g/mol. The zero-order valence-corrected chi connectivity index (χ0v) is 11.5. The highest BCUT2D eigenvalue weighted by Crippen LogP contribution is 2.35. The number of rotatable bonds is 3. The molecule has 0 N–H and O–H groups in total. The minimum absolute atomic E-state index is 0.994. The fraction of sp³-hybridized carbons (Fsp3) is 0.800. The van der Waals surface area contributed by atoms with Crippen molar-refractivity contribution in [3.8, 4) is 0 Å². The Morgan fingerprint density at radius 3 is 2.83 bits per heavy atom. The van der Waals surface area contributed by atoms with Gasteiger partial charge in [0.1, 0.15) is 5.82 Å². The molecule has 1 aromatic heterocycles. The number of nitrogens with zero attached hydrogens (tertiary/aromatic N) is 3. The Bertz CT molecular complexity index is 385. The molecule has 0 amide bonds. The van der Waals surface area contributed by atoms with Gasteiger partial charge in [-0.2, -0.15) is 0 Å². The zero-order chi connectivity index (χ0) is 12.4. The molecule has 1 aromatic rings. The van der Waals surface area contributed by atoms with Crippen LogP contribution in [0.4, 0.5) is 0 Å². The summed E-state index contributed by atoms with van der Waals surface area (Å²) in [4.78, 5) is 7.09. The second-order valence-electron chi connectivity index (χ2n) is 6.10. The maximum atomic E-state index is 4.42. The van der Waals surface area contributed by atoms with Gasteiger partial charge in [0.2, 0.25) is 0 Å². The molecule has 18 heavy (non-hydrogen) atoms. The fourth-order valence-electron chi connectivity index (χ4n) is 3.77. The van der Waals surface area contributed by atoms with Gasteiger partial charge in [0.15, 0.2) is 0 Å². The average molecular weight is 247 g/mol. The predicted octanol–water partition coefficient (Wildman–Crippen LogP) is 2.47. The summed E-state index contributed by atoms with van der Waals surface area (Å²) < 4.78 is 2.15. The SMILES string of the molecule is Cn1ccnc1CCN1CC[C@@H]2CCCC[C@@H]2C1. The molecule has 1 aliphatic carbocycles. The van der Waals surface area contributed by atoms with Gasteiger partial charge in [-0.05, 0) is 31.2 Å². The first-order chi connectivity index (χ1) is 8.83. The maximum Gasteiger partial charge on any atom is 0.109 e. The van der Waals surface area contributed by atoms with E-state index < -0.39 is 0 Å². The van der Waals surface area contributed by atoms with Crippen molar-refractivity contribution < 1.29 is 0 Å². The van der Waals surface area contributed by atoms with Crippen molar-refractivity contribution in [2.45, 2.75) is 38.5 Å². The first kappa shape index (κ1) is 12.2. The van der Waals surface area contributed by atoms with Crippen LogP contribution in [0.25, 0.3) is 0 Å². The summed E-state index contributed by atoms with van der Waals surface area (Å²) in [6.45, 7) is 3.84. The summed E-state index contributed by atoms with van der Waals surface area (Å²) in [6, 6.07) is 0. The number of likely N-dealkylation sites (tertiary alicyclic amines) is 1. The average Bonchev–Trinajstić information content (AvgIpc) is 2.82. The van der Waals surface area contributed by atoms with Crippen LogP contribution in [0.1, 0.15) is 37.9 Å². The van der Waals surface area contributed by atoms with Crippen LogP contribution in [-0.4, -0.2) is 34.1 Å². The Kier molecular flexibility index (Phi) is 3.69.